The van der Waals surface area contributed by atoms with Gasteiger partial charge in [0.1, 0.15) is 0 Å². The molecule has 1 aromatic heterocycles. The van der Waals surface area contributed by atoms with E-state index in [-0.39, 0.29) is 5.97 Å². The van der Waals surface area contributed by atoms with Crippen molar-refractivity contribution < 1.29 is 9.53 Å². The number of rotatable bonds is 3. The van der Waals surface area contributed by atoms with Gasteiger partial charge in [-0.3, -0.25) is 0 Å². The fourth-order valence-corrected chi connectivity index (χ4v) is 3.17. The lowest BCUT2D eigenvalue weighted by Gasteiger charge is -2.36. The molecule has 1 saturated heterocycles. The maximum Gasteiger partial charge on any atom is 0.340 e. The minimum atomic E-state index is -0.276. The number of benzene rings is 1. The van der Waals surface area contributed by atoms with Crippen LogP contribution in [0.4, 0.5) is 5.69 Å². The van der Waals surface area contributed by atoms with Gasteiger partial charge in [0.2, 0.25) is 0 Å². The Labute approximate surface area is 131 Å². The maximum atomic E-state index is 12.2. The normalized spacial score (nSPS) is 18.3. The molecule has 0 aliphatic carbocycles. The summed E-state index contributed by atoms with van der Waals surface area (Å²) in [7, 11) is 1.44. The van der Waals surface area contributed by atoms with Gasteiger partial charge in [-0.1, -0.05) is 0 Å². The molecule has 2 aromatic rings. The van der Waals surface area contributed by atoms with Crippen molar-refractivity contribution in [2.24, 2.45) is 0 Å². The molecule has 1 aliphatic heterocycles. The zero-order chi connectivity index (χ0) is 15.5. The Kier molecular flexibility index (Phi) is 4.18. The van der Waals surface area contributed by atoms with E-state index in [4.69, 9.17) is 4.74 Å². The number of anilines is 1. The zero-order valence-corrected chi connectivity index (χ0v) is 13.2. The number of esters is 1. The second-order valence-electron chi connectivity index (χ2n) is 5.82. The molecule has 1 fully saturated rings. The van der Waals surface area contributed by atoms with Crippen molar-refractivity contribution in [1.82, 2.24) is 4.57 Å². The Hall–Kier alpha value is -2.23. The third-order valence-electron chi connectivity index (χ3n) is 4.40. The van der Waals surface area contributed by atoms with Crippen LogP contribution in [0.5, 0.6) is 0 Å². The van der Waals surface area contributed by atoms with E-state index in [0.29, 0.717) is 11.6 Å². The summed E-state index contributed by atoms with van der Waals surface area (Å²) in [6, 6.07) is 10.4. The minimum Gasteiger partial charge on any atom is -0.465 e. The van der Waals surface area contributed by atoms with Crippen LogP contribution in [0, 0.1) is 0 Å². The van der Waals surface area contributed by atoms with E-state index in [2.05, 4.69) is 17.9 Å². The van der Waals surface area contributed by atoms with Gasteiger partial charge in [0.05, 0.1) is 18.4 Å². The van der Waals surface area contributed by atoms with Crippen LogP contribution in [-0.4, -0.2) is 30.2 Å². The Bertz CT molecular complexity index is 649. The highest BCUT2D eigenvalue weighted by atomic mass is 16.5. The van der Waals surface area contributed by atoms with Crippen molar-refractivity contribution in [2.75, 3.05) is 18.6 Å². The molecule has 0 spiro atoms. The molecule has 0 amide bonds. The molecule has 3 rings (SSSR count). The molecular weight excluding hydrogens is 276 g/mol. The average molecular weight is 298 g/mol. The SMILES string of the molecule is COC(=O)c1cc(-n2cccc2)ccc1N1CCCC[C@@H]1C. The summed E-state index contributed by atoms with van der Waals surface area (Å²) in [5.74, 6) is -0.276. The molecule has 1 atom stereocenters. The molecule has 0 unspecified atom stereocenters. The first-order valence-corrected chi connectivity index (χ1v) is 7.83. The molecule has 0 saturated carbocycles. The number of carbonyl (C=O) groups is 1. The lowest BCUT2D eigenvalue weighted by atomic mass is 10.0. The number of nitrogens with zero attached hydrogens (tertiary/aromatic N) is 2. The predicted molar refractivity (Wildman–Crippen MR) is 87.8 cm³/mol. The fraction of sp³-hybridized carbons (Fsp3) is 0.389. The molecule has 1 aromatic carbocycles. The number of hydrogen-bond donors (Lipinski definition) is 0. The fourth-order valence-electron chi connectivity index (χ4n) is 3.17. The van der Waals surface area contributed by atoms with Crippen LogP contribution in [0.1, 0.15) is 36.5 Å². The van der Waals surface area contributed by atoms with Crippen molar-refractivity contribution in [1.29, 1.82) is 0 Å². The minimum absolute atomic E-state index is 0.276. The van der Waals surface area contributed by atoms with Crippen LogP contribution in [0.25, 0.3) is 5.69 Å². The predicted octanol–water partition coefficient (Wildman–Crippen LogP) is 3.64. The second-order valence-corrected chi connectivity index (χ2v) is 5.82. The van der Waals surface area contributed by atoms with E-state index >= 15 is 0 Å². The molecule has 2 heterocycles. The van der Waals surface area contributed by atoms with Crippen molar-refractivity contribution >= 4 is 11.7 Å². The largest absolute Gasteiger partial charge is 0.465 e. The van der Waals surface area contributed by atoms with Gasteiger partial charge in [-0.05, 0) is 56.5 Å². The molecule has 22 heavy (non-hydrogen) atoms. The van der Waals surface area contributed by atoms with Crippen LogP contribution >= 0.6 is 0 Å². The van der Waals surface area contributed by atoms with E-state index in [1.807, 2.05) is 41.2 Å². The summed E-state index contributed by atoms with van der Waals surface area (Å²) >= 11 is 0. The molecule has 116 valence electrons. The van der Waals surface area contributed by atoms with Crippen LogP contribution in [-0.2, 0) is 4.74 Å². The lowest BCUT2D eigenvalue weighted by Crippen LogP contribution is -2.38. The first kappa shape index (κ1) is 14.7. The number of piperidine rings is 1. The summed E-state index contributed by atoms with van der Waals surface area (Å²) in [5, 5.41) is 0. The Morgan fingerprint density at radius 3 is 2.68 bits per heavy atom. The Balaban J connectivity index is 2.03. The van der Waals surface area contributed by atoms with E-state index < -0.39 is 0 Å². The van der Waals surface area contributed by atoms with Gasteiger partial charge in [-0.25, -0.2) is 4.79 Å². The van der Waals surface area contributed by atoms with Crippen LogP contribution in [0.2, 0.25) is 0 Å². The van der Waals surface area contributed by atoms with Gasteiger partial charge in [0.25, 0.3) is 0 Å². The molecule has 4 nitrogen and oxygen atoms in total. The van der Waals surface area contributed by atoms with E-state index in [1.54, 1.807) is 0 Å². The Morgan fingerprint density at radius 2 is 2.00 bits per heavy atom. The van der Waals surface area contributed by atoms with Crippen molar-refractivity contribution in [2.45, 2.75) is 32.2 Å². The van der Waals surface area contributed by atoms with Crippen molar-refractivity contribution in [3.8, 4) is 5.69 Å². The monoisotopic (exact) mass is 298 g/mol. The highest BCUT2D eigenvalue weighted by Gasteiger charge is 2.24. The van der Waals surface area contributed by atoms with E-state index in [0.717, 1.165) is 17.9 Å². The molecule has 0 radical (unpaired) electrons. The molecule has 4 heteroatoms. The topological polar surface area (TPSA) is 34.5 Å². The van der Waals surface area contributed by atoms with Crippen LogP contribution in [0.3, 0.4) is 0 Å². The first-order valence-electron chi connectivity index (χ1n) is 7.83. The van der Waals surface area contributed by atoms with Crippen LogP contribution in [0.15, 0.2) is 42.7 Å². The van der Waals surface area contributed by atoms with E-state index in [1.165, 1.54) is 26.4 Å². The quantitative estimate of drug-likeness (QED) is 0.811. The smallest absolute Gasteiger partial charge is 0.340 e. The third-order valence-corrected chi connectivity index (χ3v) is 4.40. The molecule has 0 bridgehead atoms. The number of methoxy groups -OCH3 is 1. The van der Waals surface area contributed by atoms with Crippen molar-refractivity contribution in [3.05, 3.63) is 48.3 Å². The highest BCUT2D eigenvalue weighted by Crippen LogP contribution is 2.30. The lowest BCUT2D eigenvalue weighted by molar-refractivity contribution is 0.0601. The number of ether oxygens (including phenoxy) is 1. The highest BCUT2D eigenvalue weighted by molar-refractivity contribution is 5.96. The van der Waals surface area contributed by atoms with Gasteiger partial charge in [-0.2, -0.15) is 0 Å². The molecule has 1 aliphatic rings. The van der Waals surface area contributed by atoms with Gasteiger partial charge in [-0.15, -0.1) is 0 Å². The Morgan fingerprint density at radius 1 is 1.23 bits per heavy atom. The number of aromatic nitrogens is 1. The summed E-state index contributed by atoms with van der Waals surface area (Å²) in [4.78, 5) is 14.6. The summed E-state index contributed by atoms with van der Waals surface area (Å²) in [6.45, 7) is 3.22. The zero-order valence-electron chi connectivity index (χ0n) is 13.2. The summed E-state index contributed by atoms with van der Waals surface area (Å²) in [5.41, 5.74) is 2.59. The maximum absolute atomic E-state index is 12.2. The van der Waals surface area contributed by atoms with Crippen molar-refractivity contribution in [3.63, 3.8) is 0 Å². The first-order chi connectivity index (χ1) is 10.7. The standard InChI is InChI=1S/C18H22N2O2/c1-14-7-3-4-12-20(14)17-9-8-15(19-10-5-6-11-19)13-16(17)18(21)22-2/h5-6,8-11,13-14H,3-4,7,12H2,1-2H3/t14-/m0/s1. The average Bonchev–Trinajstić information content (AvgIpc) is 3.08. The summed E-state index contributed by atoms with van der Waals surface area (Å²) < 4.78 is 7.00. The number of hydrogen-bond acceptors (Lipinski definition) is 3. The summed E-state index contributed by atoms with van der Waals surface area (Å²) in [6.07, 6.45) is 7.54. The van der Waals surface area contributed by atoms with Gasteiger partial charge >= 0.3 is 5.97 Å². The molecular formula is C18H22N2O2. The van der Waals surface area contributed by atoms with E-state index in [9.17, 15) is 4.79 Å². The number of carbonyl (C=O) groups excluding carboxylic acids is 1. The van der Waals surface area contributed by atoms with Crippen LogP contribution < -0.4 is 4.90 Å². The van der Waals surface area contributed by atoms with Gasteiger partial charge in [0, 0.05) is 30.7 Å². The second kappa shape index (κ2) is 6.26. The third kappa shape index (κ3) is 2.73. The van der Waals surface area contributed by atoms with Gasteiger partial charge < -0.3 is 14.2 Å². The van der Waals surface area contributed by atoms with Gasteiger partial charge in [0.15, 0.2) is 0 Å². The molecule has 0 N–H and O–H groups in total.